The summed E-state index contributed by atoms with van der Waals surface area (Å²) >= 11 is 0. The molecule has 3 atom stereocenters. The molecule has 2 aliphatic heterocycles. The number of nitrogens with zero attached hydrogens (tertiary/aromatic N) is 4. The fourth-order valence-electron chi connectivity index (χ4n) is 3.95. The second kappa shape index (κ2) is 6.46. The lowest BCUT2D eigenvalue weighted by Crippen LogP contribution is -2.47. The molecule has 0 radical (unpaired) electrons. The third kappa shape index (κ3) is 2.87. The van der Waals surface area contributed by atoms with E-state index in [0.29, 0.717) is 18.2 Å². The van der Waals surface area contributed by atoms with Crippen LogP contribution in [-0.2, 0) is 18.3 Å². The Kier molecular flexibility index (Phi) is 4.62. The standard InChI is InChI=1S/C16H28N4O/c1-4-19(5-2)14-11-20(12-15-17-8-9-18(15)3)13-7-6-10-21-16(13)14/h8-9,13-14,16H,4-7,10-12H2,1-3H3/t13-,14-,16+/m0/s1. The molecule has 0 saturated carbocycles. The number of likely N-dealkylation sites (tertiary alicyclic amines) is 1. The summed E-state index contributed by atoms with van der Waals surface area (Å²) in [6, 6.07) is 1.09. The Morgan fingerprint density at radius 3 is 2.86 bits per heavy atom. The number of fused-ring (bicyclic) bond motifs is 1. The molecule has 2 aliphatic rings. The summed E-state index contributed by atoms with van der Waals surface area (Å²) in [5.41, 5.74) is 0. The molecule has 0 unspecified atom stereocenters. The zero-order chi connectivity index (χ0) is 14.8. The van der Waals surface area contributed by atoms with Crippen molar-refractivity contribution >= 4 is 0 Å². The van der Waals surface area contributed by atoms with E-state index in [1.165, 1.54) is 12.8 Å². The number of hydrogen-bond acceptors (Lipinski definition) is 4. The topological polar surface area (TPSA) is 33.5 Å². The quantitative estimate of drug-likeness (QED) is 0.823. The van der Waals surface area contributed by atoms with Crippen molar-refractivity contribution < 1.29 is 4.74 Å². The van der Waals surface area contributed by atoms with Crippen molar-refractivity contribution in [2.75, 3.05) is 26.2 Å². The van der Waals surface area contributed by atoms with Crippen molar-refractivity contribution in [2.45, 2.75) is 51.4 Å². The van der Waals surface area contributed by atoms with Crippen LogP contribution < -0.4 is 0 Å². The third-order valence-electron chi connectivity index (χ3n) is 5.15. The number of likely N-dealkylation sites (N-methyl/N-ethyl adjacent to an activating group) is 1. The lowest BCUT2D eigenvalue weighted by atomic mass is 10.00. The molecule has 3 rings (SSSR count). The number of aryl methyl sites for hydroxylation is 1. The van der Waals surface area contributed by atoms with Gasteiger partial charge >= 0.3 is 0 Å². The number of ether oxygens (including phenoxy) is 1. The van der Waals surface area contributed by atoms with Gasteiger partial charge in [-0.1, -0.05) is 13.8 Å². The average molecular weight is 292 g/mol. The van der Waals surface area contributed by atoms with Gasteiger partial charge in [-0.05, 0) is 25.9 Å². The van der Waals surface area contributed by atoms with Crippen molar-refractivity contribution in [3.8, 4) is 0 Å². The Morgan fingerprint density at radius 2 is 2.19 bits per heavy atom. The van der Waals surface area contributed by atoms with Gasteiger partial charge in [0.05, 0.1) is 18.7 Å². The second-order valence-corrected chi connectivity index (χ2v) is 6.22. The van der Waals surface area contributed by atoms with E-state index in [1.807, 2.05) is 12.4 Å². The van der Waals surface area contributed by atoms with Gasteiger partial charge in [0.1, 0.15) is 5.82 Å². The Labute approximate surface area is 127 Å². The van der Waals surface area contributed by atoms with Gasteiger partial charge in [-0.3, -0.25) is 9.80 Å². The maximum Gasteiger partial charge on any atom is 0.122 e. The lowest BCUT2D eigenvalue weighted by Gasteiger charge is -2.35. The Hall–Kier alpha value is -0.910. The van der Waals surface area contributed by atoms with Crippen LogP contribution in [0.2, 0.25) is 0 Å². The predicted molar refractivity (Wildman–Crippen MR) is 83.1 cm³/mol. The van der Waals surface area contributed by atoms with Gasteiger partial charge in [-0.2, -0.15) is 0 Å². The Balaban J connectivity index is 1.76. The molecule has 118 valence electrons. The molecular formula is C16H28N4O. The zero-order valence-electron chi connectivity index (χ0n) is 13.5. The first-order chi connectivity index (χ1) is 10.2. The van der Waals surface area contributed by atoms with Gasteiger partial charge in [-0.15, -0.1) is 0 Å². The molecule has 3 heterocycles. The van der Waals surface area contributed by atoms with Crippen molar-refractivity contribution in [3.05, 3.63) is 18.2 Å². The summed E-state index contributed by atoms with van der Waals surface area (Å²) in [5, 5.41) is 0. The van der Waals surface area contributed by atoms with Crippen LogP contribution >= 0.6 is 0 Å². The van der Waals surface area contributed by atoms with Gasteiger partial charge in [0.15, 0.2) is 0 Å². The van der Waals surface area contributed by atoms with E-state index in [9.17, 15) is 0 Å². The van der Waals surface area contributed by atoms with E-state index in [2.05, 4.69) is 40.2 Å². The Morgan fingerprint density at radius 1 is 1.38 bits per heavy atom. The van der Waals surface area contributed by atoms with Crippen LogP contribution in [0.3, 0.4) is 0 Å². The van der Waals surface area contributed by atoms with Crippen molar-refractivity contribution in [3.63, 3.8) is 0 Å². The summed E-state index contributed by atoms with van der Waals surface area (Å²) in [7, 11) is 2.08. The number of imidazole rings is 1. The molecule has 21 heavy (non-hydrogen) atoms. The second-order valence-electron chi connectivity index (χ2n) is 6.22. The summed E-state index contributed by atoms with van der Waals surface area (Å²) in [6.07, 6.45) is 6.74. The molecule has 2 fully saturated rings. The highest BCUT2D eigenvalue weighted by Crippen LogP contribution is 2.32. The smallest absolute Gasteiger partial charge is 0.122 e. The predicted octanol–water partition coefficient (Wildman–Crippen LogP) is 1.49. The molecule has 0 spiro atoms. The summed E-state index contributed by atoms with van der Waals surface area (Å²) < 4.78 is 8.30. The number of hydrogen-bond donors (Lipinski definition) is 0. The molecule has 2 saturated heterocycles. The molecule has 0 bridgehead atoms. The van der Waals surface area contributed by atoms with E-state index in [1.54, 1.807) is 0 Å². The SMILES string of the molecule is CCN(CC)[C@H]1CN(Cc2nccn2C)[C@H]2CCCO[C@@H]12. The summed E-state index contributed by atoms with van der Waals surface area (Å²) in [5.74, 6) is 1.15. The van der Waals surface area contributed by atoms with Crippen LogP contribution in [0.4, 0.5) is 0 Å². The maximum absolute atomic E-state index is 6.17. The van der Waals surface area contributed by atoms with Gasteiger partial charge in [0.2, 0.25) is 0 Å². The van der Waals surface area contributed by atoms with Crippen LogP contribution in [0, 0.1) is 0 Å². The minimum absolute atomic E-state index is 0.374. The third-order valence-corrected chi connectivity index (χ3v) is 5.15. The largest absolute Gasteiger partial charge is 0.375 e. The van der Waals surface area contributed by atoms with E-state index < -0.39 is 0 Å². The van der Waals surface area contributed by atoms with Crippen LogP contribution in [-0.4, -0.2) is 63.8 Å². The van der Waals surface area contributed by atoms with E-state index in [-0.39, 0.29) is 0 Å². The van der Waals surface area contributed by atoms with Crippen LogP contribution in [0.25, 0.3) is 0 Å². The molecule has 5 heteroatoms. The molecule has 5 nitrogen and oxygen atoms in total. The number of aromatic nitrogens is 2. The van der Waals surface area contributed by atoms with E-state index >= 15 is 0 Å². The zero-order valence-corrected chi connectivity index (χ0v) is 13.5. The fourth-order valence-corrected chi connectivity index (χ4v) is 3.95. The van der Waals surface area contributed by atoms with Gasteiger partial charge in [-0.25, -0.2) is 4.98 Å². The molecule has 0 N–H and O–H groups in total. The van der Waals surface area contributed by atoms with Crippen LogP contribution in [0.5, 0.6) is 0 Å². The summed E-state index contributed by atoms with van der Waals surface area (Å²) in [6.45, 7) is 9.67. The molecule has 1 aromatic heterocycles. The van der Waals surface area contributed by atoms with Crippen molar-refractivity contribution in [1.82, 2.24) is 19.4 Å². The average Bonchev–Trinajstić information content (AvgIpc) is 3.07. The normalized spacial score (nSPS) is 30.0. The number of rotatable bonds is 5. The van der Waals surface area contributed by atoms with Gasteiger partial charge < -0.3 is 9.30 Å². The monoisotopic (exact) mass is 292 g/mol. The van der Waals surface area contributed by atoms with Crippen LogP contribution in [0.1, 0.15) is 32.5 Å². The minimum atomic E-state index is 0.374. The van der Waals surface area contributed by atoms with Gasteiger partial charge in [0.25, 0.3) is 0 Å². The van der Waals surface area contributed by atoms with Gasteiger partial charge in [0, 0.05) is 38.6 Å². The Bertz CT molecular complexity index is 457. The molecular weight excluding hydrogens is 264 g/mol. The first-order valence-corrected chi connectivity index (χ1v) is 8.30. The highest BCUT2D eigenvalue weighted by Gasteiger charge is 2.45. The highest BCUT2D eigenvalue weighted by molar-refractivity contribution is 5.03. The lowest BCUT2D eigenvalue weighted by molar-refractivity contribution is -0.0399. The molecule has 0 amide bonds. The van der Waals surface area contributed by atoms with Crippen molar-refractivity contribution in [1.29, 1.82) is 0 Å². The molecule has 0 aliphatic carbocycles. The van der Waals surface area contributed by atoms with Crippen LogP contribution in [0.15, 0.2) is 12.4 Å². The van der Waals surface area contributed by atoms with E-state index in [4.69, 9.17) is 4.74 Å². The fraction of sp³-hybridized carbons (Fsp3) is 0.812. The first kappa shape index (κ1) is 15.0. The minimum Gasteiger partial charge on any atom is -0.375 e. The molecule has 0 aromatic carbocycles. The first-order valence-electron chi connectivity index (χ1n) is 8.30. The van der Waals surface area contributed by atoms with Crippen molar-refractivity contribution in [2.24, 2.45) is 7.05 Å². The van der Waals surface area contributed by atoms with E-state index in [0.717, 1.165) is 38.6 Å². The summed E-state index contributed by atoms with van der Waals surface area (Å²) in [4.78, 5) is 9.64. The maximum atomic E-state index is 6.17. The highest BCUT2D eigenvalue weighted by atomic mass is 16.5. The molecule has 1 aromatic rings.